The van der Waals surface area contributed by atoms with Gasteiger partial charge < -0.3 is 4.74 Å². The van der Waals surface area contributed by atoms with Crippen LogP contribution in [0.5, 0.6) is 0 Å². The van der Waals surface area contributed by atoms with Crippen LogP contribution in [0.15, 0.2) is 36.4 Å². The van der Waals surface area contributed by atoms with Gasteiger partial charge in [-0.2, -0.15) is 0 Å². The van der Waals surface area contributed by atoms with Gasteiger partial charge in [0.15, 0.2) is 0 Å². The Bertz CT molecular complexity index is 432. The molecule has 20 heavy (non-hydrogen) atoms. The summed E-state index contributed by atoms with van der Waals surface area (Å²) in [6, 6.07) is 10.5. The van der Waals surface area contributed by atoms with Gasteiger partial charge in [-0.3, -0.25) is 0 Å². The zero-order chi connectivity index (χ0) is 14.5. The van der Waals surface area contributed by atoms with Crippen molar-refractivity contribution in [2.24, 2.45) is 17.8 Å². The van der Waals surface area contributed by atoms with Gasteiger partial charge in [-0.25, -0.2) is 0 Å². The maximum Gasteiger partial charge on any atom is 0.122 e. The maximum absolute atomic E-state index is 6.43. The summed E-state index contributed by atoms with van der Waals surface area (Å²) in [4.78, 5) is 0. The number of ether oxygens (including phenoxy) is 1. The molecule has 0 N–H and O–H groups in total. The van der Waals surface area contributed by atoms with E-state index < -0.39 is 0 Å². The zero-order valence-corrected chi connectivity index (χ0v) is 13.3. The Labute approximate surface area is 124 Å². The molecule has 3 atom stereocenters. The standard InChI is InChI=1S/C19H28O/c1-5-18(16-9-7-6-8-10-16)20-19-13-15(4)11-12-17(19)14(2)3/h5-10,14-15,17,19H,11-13H2,1-4H3/b18-5-/t15-,17+,19-/m1/s1. The molecule has 1 aliphatic carbocycles. The first kappa shape index (κ1) is 15.2. The van der Waals surface area contributed by atoms with Crippen molar-refractivity contribution in [1.29, 1.82) is 0 Å². The Morgan fingerprint density at radius 1 is 1.20 bits per heavy atom. The van der Waals surface area contributed by atoms with E-state index in [1.54, 1.807) is 0 Å². The predicted octanol–water partition coefficient (Wildman–Crippen LogP) is 5.52. The summed E-state index contributed by atoms with van der Waals surface area (Å²) in [6.45, 7) is 9.08. The molecule has 0 bridgehead atoms. The van der Waals surface area contributed by atoms with Gasteiger partial charge in [0.05, 0.1) is 0 Å². The van der Waals surface area contributed by atoms with E-state index in [0.29, 0.717) is 17.9 Å². The minimum absolute atomic E-state index is 0.366. The number of rotatable bonds is 4. The molecule has 2 rings (SSSR count). The van der Waals surface area contributed by atoms with E-state index in [9.17, 15) is 0 Å². The molecule has 0 unspecified atom stereocenters. The van der Waals surface area contributed by atoms with Crippen LogP contribution in [0.4, 0.5) is 0 Å². The first-order chi connectivity index (χ1) is 9.61. The highest BCUT2D eigenvalue weighted by atomic mass is 16.5. The quantitative estimate of drug-likeness (QED) is 0.655. The topological polar surface area (TPSA) is 9.23 Å². The van der Waals surface area contributed by atoms with Crippen LogP contribution in [0.1, 0.15) is 52.5 Å². The Balaban J connectivity index is 2.12. The van der Waals surface area contributed by atoms with Crippen LogP contribution in [0, 0.1) is 17.8 Å². The highest BCUT2D eigenvalue weighted by molar-refractivity contribution is 5.59. The lowest BCUT2D eigenvalue weighted by molar-refractivity contribution is 0.0257. The second-order valence-corrected chi connectivity index (χ2v) is 6.50. The predicted molar refractivity (Wildman–Crippen MR) is 86.3 cm³/mol. The van der Waals surface area contributed by atoms with Crippen molar-refractivity contribution in [2.45, 2.75) is 53.1 Å². The molecule has 0 spiro atoms. The second-order valence-electron chi connectivity index (χ2n) is 6.50. The molecule has 1 aromatic rings. The number of allylic oxidation sites excluding steroid dienone is 1. The van der Waals surface area contributed by atoms with E-state index >= 15 is 0 Å². The molecule has 0 aromatic heterocycles. The largest absolute Gasteiger partial charge is 0.490 e. The monoisotopic (exact) mass is 272 g/mol. The fourth-order valence-corrected chi connectivity index (χ4v) is 3.32. The van der Waals surface area contributed by atoms with Crippen LogP contribution in [-0.4, -0.2) is 6.10 Å². The molecule has 0 amide bonds. The molecule has 0 saturated heterocycles. The second kappa shape index (κ2) is 6.97. The molecular formula is C19H28O. The fourth-order valence-electron chi connectivity index (χ4n) is 3.32. The third-order valence-electron chi connectivity index (χ3n) is 4.56. The summed E-state index contributed by atoms with van der Waals surface area (Å²) in [5.41, 5.74) is 1.19. The Hall–Kier alpha value is -1.24. The maximum atomic E-state index is 6.43. The van der Waals surface area contributed by atoms with Crippen molar-refractivity contribution >= 4 is 5.76 Å². The highest BCUT2D eigenvalue weighted by Crippen LogP contribution is 2.37. The van der Waals surface area contributed by atoms with Gasteiger partial charge in [-0.05, 0) is 43.6 Å². The number of benzene rings is 1. The molecule has 0 aliphatic heterocycles. The number of hydrogen-bond donors (Lipinski definition) is 0. The van der Waals surface area contributed by atoms with Gasteiger partial charge >= 0.3 is 0 Å². The number of hydrogen-bond acceptors (Lipinski definition) is 1. The van der Waals surface area contributed by atoms with Crippen LogP contribution < -0.4 is 0 Å². The first-order valence-electron chi connectivity index (χ1n) is 8.00. The van der Waals surface area contributed by atoms with Crippen molar-refractivity contribution in [3.63, 3.8) is 0 Å². The summed E-state index contributed by atoms with van der Waals surface area (Å²) in [7, 11) is 0. The Morgan fingerprint density at radius 3 is 2.50 bits per heavy atom. The van der Waals surface area contributed by atoms with Crippen molar-refractivity contribution in [3.05, 3.63) is 42.0 Å². The molecule has 0 radical (unpaired) electrons. The van der Waals surface area contributed by atoms with E-state index in [0.717, 1.165) is 11.7 Å². The average Bonchev–Trinajstić information content (AvgIpc) is 2.45. The van der Waals surface area contributed by atoms with E-state index in [4.69, 9.17) is 4.74 Å². The lowest BCUT2D eigenvalue weighted by Gasteiger charge is -2.37. The fraction of sp³-hybridized carbons (Fsp3) is 0.579. The van der Waals surface area contributed by atoms with Gasteiger partial charge in [0.1, 0.15) is 11.9 Å². The van der Waals surface area contributed by atoms with Gasteiger partial charge in [0, 0.05) is 5.56 Å². The SMILES string of the molecule is C/C=C(\O[C@@H]1C[C@H](C)CC[C@H]1C(C)C)c1ccccc1. The summed E-state index contributed by atoms with van der Waals surface area (Å²) in [6.07, 6.45) is 6.30. The van der Waals surface area contributed by atoms with Crippen molar-refractivity contribution in [2.75, 3.05) is 0 Å². The van der Waals surface area contributed by atoms with E-state index in [2.05, 4.69) is 64.1 Å². The third kappa shape index (κ3) is 3.65. The average molecular weight is 272 g/mol. The summed E-state index contributed by atoms with van der Waals surface area (Å²) in [5, 5.41) is 0. The molecule has 1 heteroatoms. The highest BCUT2D eigenvalue weighted by Gasteiger charge is 2.32. The normalized spacial score (nSPS) is 27.6. The van der Waals surface area contributed by atoms with Gasteiger partial charge in [0.25, 0.3) is 0 Å². The summed E-state index contributed by atoms with van der Waals surface area (Å²) in [5.74, 6) is 3.20. The Morgan fingerprint density at radius 2 is 1.90 bits per heavy atom. The summed E-state index contributed by atoms with van der Waals surface area (Å²) >= 11 is 0. The van der Waals surface area contributed by atoms with Crippen LogP contribution in [-0.2, 0) is 4.74 Å². The molecule has 1 aliphatic rings. The van der Waals surface area contributed by atoms with Crippen LogP contribution in [0.25, 0.3) is 5.76 Å². The van der Waals surface area contributed by atoms with Crippen molar-refractivity contribution < 1.29 is 4.74 Å². The van der Waals surface area contributed by atoms with Gasteiger partial charge in [-0.15, -0.1) is 0 Å². The third-order valence-corrected chi connectivity index (χ3v) is 4.56. The first-order valence-corrected chi connectivity index (χ1v) is 8.00. The van der Waals surface area contributed by atoms with Gasteiger partial charge in [-0.1, -0.05) is 57.5 Å². The molecule has 1 saturated carbocycles. The van der Waals surface area contributed by atoms with Crippen LogP contribution in [0.2, 0.25) is 0 Å². The molecule has 110 valence electrons. The zero-order valence-electron chi connectivity index (χ0n) is 13.3. The molecular weight excluding hydrogens is 244 g/mol. The molecule has 1 fully saturated rings. The minimum atomic E-state index is 0.366. The van der Waals surface area contributed by atoms with Gasteiger partial charge in [0.2, 0.25) is 0 Å². The van der Waals surface area contributed by atoms with E-state index in [1.165, 1.54) is 24.8 Å². The molecule has 1 aromatic carbocycles. The van der Waals surface area contributed by atoms with E-state index in [1.807, 2.05) is 0 Å². The summed E-state index contributed by atoms with van der Waals surface area (Å²) < 4.78 is 6.43. The lowest BCUT2D eigenvalue weighted by Crippen LogP contribution is -2.33. The smallest absolute Gasteiger partial charge is 0.122 e. The van der Waals surface area contributed by atoms with Crippen molar-refractivity contribution in [1.82, 2.24) is 0 Å². The molecule has 1 nitrogen and oxygen atoms in total. The lowest BCUT2D eigenvalue weighted by atomic mass is 9.75. The minimum Gasteiger partial charge on any atom is -0.490 e. The van der Waals surface area contributed by atoms with Crippen molar-refractivity contribution in [3.8, 4) is 0 Å². The molecule has 0 heterocycles. The van der Waals surface area contributed by atoms with E-state index in [-0.39, 0.29) is 0 Å². The van der Waals surface area contributed by atoms with Crippen LogP contribution >= 0.6 is 0 Å². The van der Waals surface area contributed by atoms with Crippen LogP contribution in [0.3, 0.4) is 0 Å². The Kier molecular flexibility index (Phi) is 5.28.